The summed E-state index contributed by atoms with van der Waals surface area (Å²) in [6, 6.07) is 9.39. The minimum atomic E-state index is -4.74. The van der Waals surface area contributed by atoms with E-state index >= 15 is 0 Å². The minimum absolute atomic E-state index is 0.240. The Hall–Kier alpha value is -2.70. The van der Waals surface area contributed by atoms with Gasteiger partial charge in [-0.2, -0.15) is 0 Å². The van der Waals surface area contributed by atoms with Crippen molar-refractivity contribution in [2.45, 2.75) is 26.1 Å². The van der Waals surface area contributed by atoms with E-state index in [4.69, 9.17) is 4.74 Å². The monoisotopic (exact) mass is 365 g/mol. The van der Waals surface area contributed by atoms with Gasteiger partial charge >= 0.3 is 6.36 Å². The number of hydrogen-bond acceptors (Lipinski definition) is 3. The summed E-state index contributed by atoms with van der Waals surface area (Å²) >= 11 is 0. The molecule has 138 valence electrons. The summed E-state index contributed by atoms with van der Waals surface area (Å²) in [4.78, 5) is 14.6. The van der Waals surface area contributed by atoms with Crippen molar-refractivity contribution < 1.29 is 27.4 Å². The molecular weight excluding hydrogens is 347 g/mol. The van der Waals surface area contributed by atoms with Crippen molar-refractivity contribution >= 4 is 11.6 Å². The second kappa shape index (κ2) is 6.90. The fourth-order valence-electron chi connectivity index (χ4n) is 3.12. The third-order valence-electron chi connectivity index (χ3n) is 4.23. The van der Waals surface area contributed by atoms with Crippen LogP contribution in [0.2, 0.25) is 0 Å². The van der Waals surface area contributed by atoms with Gasteiger partial charge in [-0.3, -0.25) is 4.79 Å². The number of amides is 1. The van der Waals surface area contributed by atoms with Gasteiger partial charge in [0, 0.05) is 12.2 Å². The maximum atomic E-state index is 13.0. The number of fused-ring (bicyclic) bond motifs is 1. The Morgan fingerprint density at radius 2 is 1.92 bits per heavy atom. The van der Waals surface area contributed by atoms with Crippen molar-refractivity contribution in [2.24, 2.45) is 0 Å². The molecule has 0 radical (unpaired) electrons. The fraction of sp³-hybridized carbons (Fsp3) is 0.316. The normalized spacial score (nSPS) is 14.0. The molecule has 1 aliphatic rings. The highest BCUT2D eigenvalue weighted by atomic mass is 19.4. The van der Waals surface area contributed by atoms with Gasteiger partial charge in [-0.05, 0) is 55.7 Å². The lowest BCUT2D eigenvalue weighted by molar-refractivity contribution is -0.274. The molecule has 1 amide bonds. The average molecular weight is 365 g/mol. The molecule has 0 bridgehead atoms. The summed E-state index contributed by atoms with van der Waals surface area (Å²) in [7, 11) is 1.49. The van der Waals surface area contributed by atoms with E-state index < -0.39 is 6.36 Å². The van der Waals surface area contributed by atoms with E-state index in [2.05, 4.69) is 4.74 Å². The Morgan fingerprint density at radius 3 is 2.62 bits per heavy atom. The first-order chi connectivity index (χ1) is 12.3. The molecule has 2 aromatic carbocycles. The quantitative estimate of drug-likeness (QED) is 0.804. The topological polar surface area (TPSA) is 38.8 Å². The maximum absolute atomic E-state index is 13.0. The number of ether oxygens (including phenoxy) is 2. The second-order valence-corrected chi connectivity index (χ2v) is 6.10. The van der Waals surface area contributed by atoms with Gasteiger partial charge in [-0.15, -0.1) is 13.2 Å². The third-order valence-corrected chi connectivity index (χ3v) is 4.23. The van der Waals surface area contributed by atoms with Crippen molar-refractivity contribution in [1.29, 1.82) is 0 Å². The highest BCUT2D eigenvalue weighted by molar-refractivity contribution is 6.08. The maximum Gasteiger partial charge on any atom is 0.573 e. The van der Waals surface area contributed by atoms with Gasteiger partial charge in [0.05, 0.1) is 12.7 Å². The highest BCUT2D eigenvalue weighted by Crippen LogP contribution is 2.34. The molecule has 7 heteroatoms. The number of halogens is 3. The zero-order valence-corrected chi connectivity index (χ0v) is 14.4. The van der Waals surface area contributed by atoms with Gasteiger partial charge in [0.1, 0.15) is 11.5 Å². The number of anilines is 1. The molecule has 2 aromatic rings. The minimum Gasteiger partial charge on any atom is -0.496 e. The van der Waals surface area contributed by atoms with Crippen LogP contribution in [-0.4, -0.2) is 25.9 Å². The van der Waals surface area contributed by atoms with Crippen molar-refractivity contribution in [3.8, 4) is 11.5 Å². The fourth-order valence-corrected chi connectivity index (χ4v) is 3.12. The predicted molar refractivity (Wildman–Crippen MR) is 90.9 cm³/mol. The Kier molecular flexibility index (Phi) is 4.80. The van der Waals surface area contributed by atoms with Crippen molar-refractivity contribution in [1.82, 2.24) is 0 Å². The molecular formula is C19H18F3NO3. The average Bonchev–Trinajstić information content (AvgIpc) is 2.59. The second-order valence-electron chi connectivity index (χ2n) is 6.10. The van der Waals surface area contributed by atoms with Crippen LogP contribution in [0.15, 0.2) is 36.4 Å². The van der Waals surface area contributed by atoms with Gasteiger partial charge in [-0.25, -0.2) is 0 Å². The summed E-state index contributed by atoms with van der Waals surface area (Å²) in [5.74, 6) is -0.0561. The van der Waals surface area contributed by atoms with Crippen LogP contribution < -0.4 is 14.4 Å². The van der Waals surface area contributed by atoms with Crippen LogP contribution in [0, 0.1) is 6.92 Å². The molecule has 0 fully saturated rings. The van der Waals surface area contributed by atoms with Gasteiger partial charge in [0.2, 0.25) is 0 Å². The number of rotatable bonds is 3. The Bertz CT molecular complexity index is 833. The number of carbonyl (C=O) groups excluding carboxylic acids is 1. The molecule has 0 atom stereocenters. The summed E-state index contributed by atoms with van der Waals surface area (Å²) in [5, 5.41) is 0. The van der Waals surface area contributed by atoms with Gasteiger partial charge in [-0.1, -0.05) is 11.6 Å². The smallest absolute Gasteiger partial charge is 0.496 e. The van der Waals surface area contributed by atoms with Crippen LogP contribution in [0.25, 0.3) is 0 Å². The van der Waals surface area contributed by atoms with Crippen LogP contribution in [0.3, 0.4) is 0 Å². The van der Waals surface area contributed by atoms with E-state index in [0.717, 1.165) is 5.56 Å². The van der Waals surface area contributed by atoms with E-state index in [-0.39, 0.29) is 11.7 Å². The molecule has 0 aromatic heterocycles. The highest BCUT2D eigenvalue weighted by Gasteiger charge is 2.32. The molecule has 1 heterocycles. The molecule has 1 aliphatic heterocycles. The molecule has 3 rings (SSSR count). The van der Waals surface area contributed by atoms with E-state index in [1.54, 1.807) is 17.0 Å². The summed E-state index contributed by atoms with van der Waals surface area (Å²) in [6.07, 6.45) is -3.51. The lowest BCUT2D eigenvalue weighted by Crippen LogP contribution is -2.35. The van der Waals surface area contributed by atoms with Crippen molar-refractivity contribution in [3.05, 3.63) is 53.1 Å². The SMILES string of the molecule is COc1ccc(C)cc1C(=O)N1CCCc2cc(OC(F)(F)F)ccc21. The van der Waals surface area contributed by atoms with Crippen LogP contribution in [0.5, 0.6) is 11.5 Å². The molecule has 0 saturated heterocycles. The molecule has 0 spiro atoms. The van der Waals surface area contributed by atoms with Crippen LogP contribution in [-0.2, 0) is 6.42 Å². The number of aryl methyl sites for hydroxylation is 2. The van der Waals surface area contributed by atoms with Crippen LogP contribution >= 0.6 is 0 Å². The number of nitrogens with zero attached hydrogens (tertiary/aromatic N) is 1. The zero-order chi connectivity index (χ0) is 18.9. The predicted octanol–water partition coefficient (Wildman–Crippen LogP) is 4.50. The zero-order valence-electron chi connectivity index (χ0n) is 14.4. The van der Waals surface area contributed by atoms with E-state index in [1.165, 1.54) is 25.3 Å². The number of methoxy groups -OCH3 is 1. The first-order valence-corrected chi connectivity index (χ1v) is 8.13. The molecule has 0 saturated carbocycles. The lowest BCUT2D eigenvalue weighted by atomic mass is 10.00. The summed E-state index contributed by atoms with van der Waals surface area (Å²) < 4.78 is 46.5. The van der Waals surface area contributed by atoms with Crippen molar-refractivity contribution in [2.75, 3.05) is 18.6 Å². The first kappa shape index (κ1) is 18.1. The van der Waals surface area contributed by atoms with Gasteiger partial charge in [0.15, 0.2) is 0 Å². The Labute approximate surface area is 149 Å². The Morgan fingerprint density at radius 1 is 1.15 bits per heavy atom. The molecule has 0 aliphatic carbocycles. The molecule has 26 heavy (non-hydrogen) atoms. The molecule has 0 N–H and O–H groups in total. The van der Waals surface area contributed by atoms with Crippen LogP contribution in [0.1, 0.15) is 27.9 Å². The van der Waals surface area contributed by atoms with E-state index in [0.29, 0.717) is 42.0 Å². The third kappa shape index (κ3) is 3.76. The summed E-state index contributed by atoms with van der Waals surface area (Å²) in [5.41, 5.74) is 2.59. The number of alkyl halides is 3. The number of hydrogen-bond donors (Lipinski definition) is 0. The molecule has 0 unspecified atom stereocenters. The number of carbonyl (C=O) groups is 1. The first-order valence-electron chi connectivity index (χ1n) is 8.13. The standard InChI is InChI=1S/C19H18F3NO3/c1-12-5-8-17(25-2)15(10-12)18(24)23-9-3-4-13-11-14(6-7-16(13)23)26-19(20,21)22/h5-8,10-11H,3-4,9H2,1-2H3. The van der Waals surface area contributed by atoms with Gasteiger partial charge < -0.3 is 14.4 Å². The Balaban J connectivity index is 1.95. The lowest BCUT2D eigenvalue weighted by Gasteiger charge is -2.30. The largest absolute Gasteiger partial charge is 0.573 e. The van der Waals surface area contributed by atoms with E-state index in [1.807, 2.05) is 13.0 Å². The molecule has 4 nitrogen and oxygen atoms in total. The number of benzene rings is 2. The summed E-state index contributed by atoms with van der Waals surface area (Å²) in [6.45, 7) is 2.36. The van der Waals surface area contributed by atoms with Gasteiger partial charge in [0.25, 0.3) is 5.91 Å². The van der Waals surface area contributed by atoms with Crippen LogP contribution in [0.4, 0.5) is 18.9 Å². The van der Waals surface area contributed by atoms with E-state index in [9.17, 15) is 18.0 Å². The van der Waals surface area contributed by atoms with Crippen molar-refractivity contribution in [3.63, 3.8) is 0 Å².